The van der Waals surface area contributed by atoms with Crippen LogP contribution < -0.4 is 5.32 Å². The quantitative estimate of drug-likeness (QED) is 0.374. The number of amides is 1. The fourth-order valence-corrected chi connectivity index (χ4v) is 4.41. The molecule has 0 saturated heterocycles. The lowest BCUT2D eigenvalue weighted by Gasteiger charge is -2.19. The molecule has 142 valence electrons. The van der Waals surface area contributed by atoms with Crippen LogP contribution in [-0.4, -0.2) is 57.7 Å². The third-order valence-corrected chi connectivity index (χ3v) is 5.73. The van der Waals surface area contributed by atoms with Crippen LogP contribution in [0, 0.1) is 0 Å². The van der Waals surface area contributed by atoms with Crippen molar-refractivity contribution in [2.75, 3.05) is 25.6 Å². The van der Waals surface area contributed by atoms with Crippen molar-refractivity contribution in [1.29, 1.82) is 0 Å². The summed E-state index contributed by atoms with van der Waals surface area (Å²) in [4.78, 5) is 22.7. The van der Waals surface area contributed by atoms with Crippen LogP contribution in [0.15, 0.2) is 0 Å². The van der Waals surface area contributed by atoms with Crippen LogP contribution in [0.2, 0.25) is 0 Å². The number of hydrogen-bond acceptors (Lipinski definition) is 6. The van der Waals surface area contributed by atoms with Gasteiger partial charge in [-0.2, -0.15) is 0 Å². The lowest BCUT2D eigenvalue weighted by molar-refractivity contribution is -0.109. The highest BCUT2D eigenvalue weighted by atomic mass is 32.2. The zero-order valence-electron chi connectivity index (χ0n) is 15.0. The summed E-state index contributed by atoms with van der Waals surface area (Å²) in [6.07, 6.45) is 3.10. The van der Waals surface area contributed by atoms with Gasteiger partial charge in [0, 0.05) is 6.61 Å². The van der Waals surface area contributed by atoms with Crippen LogP contribution >= 0.6 is 0 Å². The number of ether oxygens (including phenoxy) is 2. The maximum Gasteiger partial charge on any atom is 0.407 e. The van der Waals surface area contributed by atoms with Gasteiger partial charge in [0.15, 0.2) is 9.84 Å². The van der Waals surface area contributed by atoms with Crippen molar-refractivity contribution in [2.24, 2.45) is 0 Å². The minimum atomic E-state index is -3.46. The Morgan fingerprint density at radius 1 is 1.04 bits per heavy atom. The molecule has 8 heteroatoms. The molecule has 0 aliphatic carbocycles. The zero-order chi connectivity index (χ0) is 18.4. The van der Waals surface area contributed by atoms with E-state index in [9.17, 15) is 18.0 Å². The maximum atomic E-state index is 12.4. The lowest BCUT2D eigenvalue weighted by Crippen LogP contribution is -2.43. The Kier molecular flexibility index (Phi) is 12.5. The SMILES string of the molecule is CCCOCCOC(=O)NC(C=O)CS(=O)(=O)C(CCC)CCC. The van der Waals surface area contributed by atoms with Gasteiger partial charge in [-0.3, -0.25) is 0 Å². The molecule has 7 nitrogen and oxygen atoms in total. The highest BCUT2D eigenvalue weighted by Gasteiger charge is 2.28. The monoisotopic (exact) mass is 365 g/mol. The van der Waals surface area contributed by atoms with E-state index in [1.54, 1.807) is 0 Å². The van der Waals surface area contributed by atoms with Gasteiger partial charge in [0.25, 0.3) is 0 Å². The molecule has 0 fully saturated rings. The number of sulfone groups is 1. The first-order valence-corrected chi connectivity index (χ1v) is 10.3. The molecule has 0 aromatic rings. The molecular formula is C16H31NO6S. The summed E-state index contributed by atoms with van der Waals surface area (Å²) < 4.78 is 34.9. The van der Waals surface area contributed by atoms with Gasteiger partial charge in [0.05, 0.1) is 17.6 Å². The Balaban J connectivity index is 4.46. The minimum Gasteiger partial charge on any atom is -0.447 e. The van der Waals surface area contributed by atoms with E-state index in [0.29, 0.717) is 25.7 Å². The fourth-order valence-electron chi connectivity index (χ4n) is 2.28. The van der Waals surface area contributed by atoms with Crippen LogP contribution in [0.1, 0.15) is 52.9 Å². The summed E-state index contributed by atoms with van der Waals surface area (Å²) in [5, 5.41) is 1.81. The molecule has 0 heterocycles. The summed E-state index contributed by atoms with van der Waals surface area (Å²) in [6, 6.07) is -1.10. The fraction of sp³-hybridized carbons (Fsp3) is 0.875. The number of aldehydes is 1. The van der Waals surface area contributed by atoms with Crippen molar-refractivity contribution in [3.05, 3.63) is 0 Å². The second-order valence-corrected chi connectivity index (χ2v) is 7.99. The highest BCUT2D eigenvalue weighted by Crippen LogP contribution is 2.16. The summed E-state index contributed by atoms with van der Waals surface area (Å²) in [5.74, 6) is -0.400. The van der Waals surface area contributed by atoms with Crippen LogP contribution in [0.5, 0.6) is 0 Å². The number of hydrogen-bond donors (Lipinski definition) is 1. The average molecular weight is 365 g/mol. The topological polar surface area (TPSA) is 98.8 Å². The molecule has 0 aliphatic heterocycles. The Morgan fingerprint density at radius 2 is 1.67 bits per heavy atom. The predicted molar refractivity (Wildman–Crippen MR) is 92.8 cm³/mol. The van der Waals surface area contributed by atoms with Crippen LogP contribution in [0.4, 0.5) is 4.79 Å². The van der Waals surface area contributed by atoms with Gasteiger partial charge in [-0.25, -0.2) is 13.2 Å². The minimum absolute atomic E-state index is 0.0540. The second kappa shape index (κ2) is 13.2. The van der Waals surface area contributed by atoms with E-state index in [0.717, 1.165) is 19.3 Å². The Labute approximate surface area is 145 Å². The summed E-state index contributed by atoms with van der Waals surface area (Å²) in [7, 11) is -3.46. The molecule has 0 rings (SSSR count). The van der Waals surface area contributed by atoms with Gasteiger partial charge in [-0.05, 0) is 19.3 Å². The van der Waals surface area contributed by atoms with Crippen molar-refractivity contribution in [1.82, 2.24) is 5.32 Å². The standard InChI is InChI=1S/C16H31NO6S/c1-4-7-15(8-5-2)24(20,21)13-14(12-18)17-16(19)23-11-10-22-9-6-3/h12,14-15H,4-11,13H2,1-3H3,(H,17,19). The number of carbonyl (C=O) groups excluding carboxylic acids is 2. The Hall–Kier alpha value is -1.15. The molecule has 0 aliphatic rings. The lowest BCUT2D eigenvalue weighted by atomic mass is 10.2. The molecule has 0 spiro atoms. The van der Waals surface area contributed by atoms with Crippen molar-refractivity contribution < 1.29 is 27.5 Å². The van der Waals surface area contributed by atoms with E-state index in [2.05, 4.69) is 5.32 Å². The maximum absolute atomic E-state index is 12.4. The van der Waals surface area contributed by atoms with E-state index in [1.807, 2.05) is 20.8 Å². The number of carbonyl (C=O) groups is 2. The molecule has 0 saturated carbocycles. The van der Waals surface area contributed by atoms with E-state index in [4.69, 9.17) is 9.47 Å². The third-order valence-electron chi connectivity index (χ3n) is 3.42. The van der Waals surface area contributed by atoms with Gasteiger partial charge in [0.1, 0.15) is 18.9 Å². The third kappa shape index (κ3) is 9.87. The Morgan fingerprint density at radius 3 is 2.17 bits per heavy atom. The number of alkyl carbamates (subject to hydrolysis) is 1. The van der Waals surface area contributed by atoms with Gasteiger partial charge in [0.2, 0.25) is 0 Å². The molecule has 0 radical (unpaired) electrons. The molecular weight excluding hydrogens is 334 g/mol. The van der Waals surface area contributed by atoms with E-state index in [-0.39, 0.29) is 13.2 Å². The first-order chi connectivity index (χ1) is 11.4. The molecule has 24 heavy (non-hydrogen) atoms. The van der Waals surface area contributed by atoms with Crippen molar-refractivity contribution >= 4 is 22.2 Å². The number of nitrogens with one attached hydrogen (secondary N) is 1. The summed E-state index contributed by atoms with van der Waals surface area (Å²) in [6.45, 7) is 6.71. The molecule has 1 amide bonds. The highest BCUT2D eigenvalue weighted by molar-refractivity contribution is 7.92. The van der Waals surface area contributed by atoms with Crippen molar-refractivity contribution in [2.45, 2.75) is 64.2 Å². The molecule has 0 aromatic carbocycles. The van der Waals surface area contributed by atoms with E-state index in [1.165, 1.54) is 0 Å². The molecule has 0 bridgehead atoms. The first kappa shape index (κ1) is 22.9. The smallest absolute Gasteiger partial charge is 0.407 e. The first-order valence-electron chi connectivity index (χ1n) is 8.59. The Bertz CT molecular complexity index is 445. The molecule has 0 aromatic heterocycles. The molecule has 1 atom stereocenters. The van der Waals surface area contributed by atoms with Crippen LogP contribution in [-0.2, 0) is 24.1 Å². The van der Waals surface area contributed by atoms with Gasteiger partial charge >= 0.3 is 6.09 Å². The van der Waals surface area contributed by atoms with Crippen molar-refractivity contribution in [3.63, 3.8) is 0 Å². The predicted octanol–water partition coefficient (Wildman–Crippen LogP) is 2.09. The van der Waals surface area contributed by atoms with Crippen LogP contribution in [0.3, 0.4) is 0 Å². The number of rotatable bonds is 14. The zero-order valence-corrected chi connectivity index (χ0v) is 15.8. The van der Waals surface area contributed by atoms with Gasteiger partial charge in [-0.15, -0.1) is 0 Å². The summed E-state index contributed by atoms with van der Waals surface area (Å²) in [5.41, 5.74) is 0. The largest absolute Gasteiger partial charge is 0.447 e. The van der Waals surface area contributed by atoms with E-state index >= 15 is 0 Å². The van der Waals surface area contributed by atoms with Crippen molar-refractivity contribution in [3.8, 4) is 0 Å². The summed E-state index contributed by atoms with van der Waals surface area (Å²) >= 11 is 0. The normalized spacial score (nSPS) is 12.8. The average Bonchev–Trinajstić information content (AvgIpc) is 2.53. The van der Waals surface area contributed by atoms with Gasteiger partial charge in [-0.1, -0.05) is 33.6 Å². The van der Waals surface area contributed by atoms with Gasteiger partial charge < -0.3 is 19.6 Å². The second-order valence-electron chi connectivity index (χ2n) is 5.66. The molecule has 1 unspecified atom stereocenters. The van der Waals surface area contributed by atoms with E-state index < -0.39 is 33.0 Å². The molecule has 1 N–H and O–H groups in total. The van der Waals surface area contributed by atoms with Crippen LogP contribution in [0.25, 0.3) is 0 Å².